The Morgan fingerprint density at radius 1 is 1.24 bits per heavy atom. The predicted octanol–water partition coefficient (Wildman–Crippen LogP) is 1.30. The maximum absolute atomic E-state index is 11.5. The predicted molar refractivity (Wildman–Crippen MR) is 91.7 cm³/mol. The minimum atomic E-state index is 0. The molecule has 1 rings (SSSR count). The summed E-state index contributed by atoms with van der Waals surface area (Å²) in [5.41, 5.74) is 0. The van der Waals surface area contributed by atoms with Gasteiger partial charge in [0, 0.05) is 20.2 Å². The van der Waals surface area contributed by atoms with Crippen LogP contribution in [0.25, 0.3) is 0 Å². The van der Waals surface area contributed by atoms with Crippen LogP contribution in [0.5, 0.6) is 0 Å². The van der Waals surface area contributed by atoms with E-state index in [-0.39, 0.29) is 30.7 Å². The number of likely N-dealkylation sites (tertiary alicyclic amines) is 1. The summed E-state index contributed by atoms with van der Waals surface area (Å²) in [6.45, 7) is 8.37. The maximum atomic E-state index is 11.5. The van der Waals surface area contributed by atoms with Gasteiger partial charge in [-0.1, -0.05) is 6.92 Å². The van der Waals surface area contributed by atoms with Crippen LogP contribution in [0.2, 0.25) is 0 Å². The number of nitrogens with zero attached hydrogens (tertiary/aromatic N) is 1. The zero-order valence-electron chi connectivity index (χ0n) is 13.2. The van der Waals surface area contributed by atoms with E-state index in [1.807, 2.05) is 0 Å². The van der Waals surface area contributed by atoms with Gasteiger partial charge >= 0.3 is 0 Å². The van der Waals surface area contributed by atoms with Crippen LogP contribution < -0.4 is 10.6 Å². The Labute approximate surface area is 141 Å². The number of rotatable bonds is 9. The molecule has 7 heteroatoms. The lowest BCUT2D eigenvalue weighted by atomic mass is 9.99. The van der Waals surface area contributed by atoms with Crippen LogP contribution in [0.3, 0.4) is 0 Å². The lowest BCUT2D eigenvalue weighted by Gasteiger charge is -2.30. The summed E-state index contributed by atoms with van der Waals surface area (Å²) in [4.78, 5) is 14.0. The second kappa shape index (κ2) is 14.9. The van der Waals surface area contributed by atoms with Crippen LogP contribution in [-0.2, 0) is 9.53 Å². The number of nitrogens with one attached hydrogen (secondary N) is 2. The van der Waals surface area contributed by atoms with Crippen molar-refractivity contribution in [2.45, 2.75) is 26.2 Å². The highest BCUT2D eigenvalue weighted by atomic mass is 35.5. The Morgan fingerprint density at radius 2 is 1.90 bits per heavy atom. The monoisotopic (exact) mass is 343 g/mol. The number of carbonyl (C=O) groups excluding carboxylic acids is 1. The van der Waals surface area contributed by atoms with Crippen LogP contribution >= 0.6 is 24.8 Å². The molecule has 0 radical (unpaired) electrons. The van der Waals surface area contributed by atoms with Crippen molar-refractivity contribution in [1.82, 2.24) is 15.5 Å². The lowest BCUT2D eigenvalue weighted by molar-refractivity contribution is -0.120. The summed E-state index contributed by atoms with van der Waals surface area (Å²) in [7, 11) is 1.66. The van der Waals surface area contributed by atoms with Gasteiger partial charge in [0.25, 0.3) is 0 Å². The first-order chi connectivity index (χ1) is 9.22. The molecule has 0 bridgehead atoms. The number of hydrogen-bond acceptors (Lipinski definition) is 4. The Morgan fingerprint density at radius 3 is 2.52 bits per heavy atom. The third kappa shape index (κ3) is 12.2. The fourth-order valence-corrected chi connectivity index (χ4v) is 2.25. The number of methoxy groups -OCH3 is 1. The molecule has 0 saturated carbocycles. The van der Waals surface area contributed by atoms with E-state index in [1.165, 1.54) is 25.9 Å². The van der Waals surface area contributed by atoms with Crippen LogP contribution in [0, 0.1) is 5.92 Å². The summed E-state index contributed by atoms with van der Waals surface area (Å²) in [5.74, 6) is 0.956. The first-order valence-electron chi connectivity index (χ1n) is 7.41. The van der Waals surface area contributed by atoms with E-state index in [2.05, 4.69) is 22.5 Å². The van der Waals surface area contributed by atoms with E-state index in [9.17, 15) is 4.79 Å². The molecule has 21 heavy (non-hydrogen) atoms. The average Bonchev–Trinajstić information content (AvgIpc) is 2.42. The fourth-order valence-electron chi connectivity index (χ4n) is 2.25. The third-order valence-corrected chi connectivity index (χ3v) is 3.62. The van der Waals surface area contributed by atoms with Gasteiger partial charge in [0.05, 0.1) is 13.2 Å². The third-order valence-electron chi connectivity index (χ3n) is 3.62. The van der Waals surface area contributed by atoms with Crippen molar-refractivity contribution in [2.75, 3.05) is 53.0 Å². The summed E-state index contributed by atoms with van der Waals surface area (Å²) in [6.07, 6.45) is 3.67. The van der Waals surface area contributed by atoms with E-state index in [4.69, 9.17) is 4.74 Å². The molecule has 0 atom stereocenters. The highest BCUT2D eigenvalue weighted by molar-refractivity contribution is 5.85. The van der Waals surface area contributed by atoms with Crippen LogP contribution in [-0.4, -0.2) is 63.8 Å². The van der Waals surface area contributed by atoms with Gasteiger partial charge in [-0.3, -0.25) is 4.79 Å². The minimum Gasteiger partial charge on any atom is -0.383 e. The molecule has 0 unspecified atom stereocenters. The maximum Gasteiger partial charge on any atom is 0.233 e. The standard InChI is InChI=1S/C14H29N3O2.2ClH/c1-13-4-9-17(10-5-13)8-3-6-16-14(18)12-15-7-11-19-2;;/h13,15H,3-12H2,1-2H3,(H,16,18);2*1H. The highest BCUT2D eigenvalue weighted by Crippen LogP contribution is 2.15. The molecule has 0 aliphatic carbocycles. The first-order valence-corrected chi connectivity index (χ1v) is 7.41. The van der Waals surface area contributed by atoms with Gasteiger partial charge in [-0.15, -0.1) is 24.8 Å². The smallest absolute Gasteiger partial charge is 0.233 e. The summed E-state index contributed by atoms with van der Waals surface area (Å²) < 4.78 is 4.90. The van der Waals surface area contributed by atoms with Crippen LogP contribution in [0.4, 0.5) is 0 Å². The Hall–Kier alpha value is -0.0700. The molecule has 1 aliphatic heterocycles. The van der Waals surface area contributed by atoms with Gasteiger partial charge in [-0.2, -0.15) is 0 Å². The molecule has 5 nitrogen and oxygen atoms in total. The fraction of sp³-hybridized carbons (Fsp3) is 0.929. The SMILES string of the molecule is COCCNCC(=O)NCCCN1CCC(C)CC1.Cl.Cl. The van der Waals surface area contributed by atoms with Crippen LogP contribution in [0.15, 0.2) is 0 Å². The molecule has 1 heterocycles. The number of carbonyl (C=O) groups is 1. The lowest BCUT2D eigenvalue weighted by Crippen LogP contribution is -2.38. The minimum absolute atomic E-state index is 0. The molecule has 1 aliphatic rings. The van der Waals surface area contributed by atoms with Gasteiger partial charge < -0.3 is 20.3 Å². The zero-order chi connectivity index (χ0) is 13.9. The van der Waals surface area contributed by atoms with Gasteiger partial charge in [0.2, 0.25) is 5.91 Å². The van der Waals surface area contributed by atoms with E-state index in [0.29, 0.717) is 13.2 Å². The van der Waals surface area contributed by atoms with Gasteiger partial charge in [-0.25, -0.2) is 0 Å². The molecular formula is C14H31Cl2N3O2. The van der Waals surface area contributed by atoms with Crippen molar-refractivity contribution in [3.05, 3.63) is 0 Å². The zero-order valence-corrected chi connectivity index (χ0v) is 14.9. The van der Waals surface area contributed by atoms with Gasteiger partial charge in [-0.05, 0) is 44.8 Å². The molecule has 0 aromatic heterocycles. The van der Waals surface area contributed by atoms with Crippen molar-refractivity contribution in [3.63, 3.8) is 0 Å². The van der Waals surface area contributed by atoms with Crippen molar-refractivity contribution < 1.29 is 9.53 Å². The van der Waals surface area contributed by atoms with Crippen molar-refractivity contribution in [1.29, 1.82) is 0 Å². The first kappa shape index (κ1) is 23.2. The van der Waals surface area contributed by atoms with E-state index in [1.54, 1.807) is 7.11 Å². The highest BCUT2D eigenvalue weighted by Gasteiger charge is 2.14. The Bertz CT molecular complexity index is 250. The van der Waals surface area contributed by atoms with Gasteiger partial charge in [0.15, 0.2) is 0 Å². The van der Waals surface area contributed by atoms with Crippen molar-refractivity contribution >= 4 is 30.7 Å². The number of amides is 1. The molecule has 2 N–H and O–H groups in total. The normalized spacial score (nSPS) is 15.9. The number of halogens is 2. The number of ether oxygens (including phenoxy) is 1. The molecule has 1 fully saturated rings. The van der Waals surface area contributed by atoms with Gasteiger partial charge in [0.1, 0.15) is 0 Å². The van der Waals surface area contributed by atoms with Crippen molar-refractivity contribution in [2.24, 2.45) is 5.92 Å². The van der Waals surface area contributed by atoms with E-state index < -0.39 is 0 Å². The number of piperidine rings is 1. The largest absolute Gasteiger partial charge is 0.383 e. The quantitative estimate of drug-likeness (QED) is 0.619. The summed E-state index contributed by atoms with van der Waals surface area (Å²) in [5, 5.41) is 5.97. The molecular weight excluding hydrogens is 313 g/mol. The molecule has 128 valence electrons. The average molecular weight is 344 g/mol. The summed E-state index contributed by atoms with van der Waals surface area (Å²) >= 11 is 0. The molecule has 1 amide bonds. The molecule has 0 spiro atoms. The Balaban J connectivity index is 0. The Kier molecular flexibility index (Phi) is 16.4. The molecule has 0 aromatic carbocycles. The molecule has 0 aromatic rings. The van der Waals surface area contributed by atoms with E-state index >= 15 is 0 Å². The summed E-state index contributed by atoms with van der Waals surface area (Å²) in [6, 6.07) is 0. The van der Waals surface area contributed by atoms with Crippen molar-refractivity contribution in [3.8, 4) is 0 Å². The molecule has 1 saturated heterocycles. The number of hydrogen-bond donors (Lipinski definition) is 2. The van der Waals surface area contributed by atoms with Crippen LogP contribution in [0.1, 0.15) is 26.2 Å². The van der Waals surface area contributed by atoms with E-state index in [0.717, 1.165) is 32.0 Å². The second-order valence-electron chi connectivity index (χ2n) is 5.40. The second-order valence-corrected chi connectivity index (χ2v) is 5.40. The topological polar surface area (TPSA) is 53.6 Å².